The zero-order chi connectivity index (χ0) is 11.0. The maximum atomic E-state index is 10.5. The van der Waals surface area contributed by atoms with Gasteiger partial charge in [0.05, 0.1) is 0 Å². The molecule has 0 amide bonds. The van der Waals surface area contributed by atoms with Crippen molar-refractivity contribution in [3.05, 3.63) is 23.8 Å². The summed E-state index contributed by atoms with van der Waals surface area (Å²) in [6, 6.07) is 0. The van der Waals surface area contributed by atoms with Crippen molar-refractivity contribution in [2.75, 3.05) is 0 Å². The first-order valence-electron chi connectivity index (χ1n) is 5.12. The smallest absolute Gasteiger partial charge is 0.245 e. The molecular weight excluding hydrogens is 196 g/mol. The highest BCUT2D eigenvalue weighted by Gasteiger charge is 1.96. The Labute approximate surface area is 91.8 Å². The van der Waals surface area contributed by atoms with E-state index in [1.807, 2.05) is 6.92 Å². The van der Waals surface area contributed by atoms with E-state index in [-0.39, 0.29) is 0 Å². The van der Waals surface area contributed by atoms with Crippen LogP contribution in [0.3, 0.4) is 0 Å². The molecule has 0 aromatic rings. The molecule has 14 heavy (non-hydrogen) atoms. The van der Waals surface area contributed by atoms with Gasteiger partial charge < -0.3 is 0 Å². The van der Waals surface area contributed by atoms with Gasteiger partial charge in [0.15, 0.2) is 0 Å². The van der Waals surface area contributed by atoms with Crippen molar-refractivity contribution < 1.29 is 4.79 Å². The van der Waals surface area contributed by atoms with Crippen molar-refractivity contribution in [2.45, 2.75) is 40.0 Å². The molecule has 1 nitrogen and oxygen atoms in total. The van der Waals surface area contributed by atoms with Crippen molar-refractivity contribution in [1.82, 2.24) is 0 Å². The lowest BCUT2D eigenvalue weighted by Crippen LogP contribution is -1.90. The van der Waals surface area contributed by atoms with Crippen molar-refractivity contribution in [2.24, 2.45) is 5.92 Å². The van der Waals surface area contributed by atoms with E-state index in [0.717, 1.165) is 5.57 Å². The lowest BCUT2D eigenvalue weighted by Gasteiger charge is -2.05. The van der Waals surface area contributed by atoms with E-state index in [9.17, 15) is 4.79 Å². The van der Waals surface area contributed by atoms with Crippen LogP contribution < -0.4 is 0 Å². The normalized spacial score (nSPS) is 14.7. The standard InChI is InChI=1S/C12H19ClO/c1-4-5-6-10(2)9-11(3)7-8-12(13)14/h7-10H,4-6H2,1-3H3/b8-7+,11-9+. The van der Waals surface area contributed by atoms with Gasteiger partial charge in [-0.05, 0) is 36.9 Å². The van der Waals surface area contributed by atoms with Crippen molar-refractivity contribution >= 4 is 16.8 Å². The molecule has 0 rings (SSSR count). The number of allylic oxidation sites excluding steroid dienone is 4. The molecule has 0 radical (unpaired) electrons. The first-order valence-corrected chi connectivity index (χ1v) is 5.50. The van der Waals surface area contributed by atoms with Gasteiger partial charge in [0, 0.05) is 0 Å². The number of carbonyl (C=O) groups excluding carboxylic acids is 1. The molecule has 1 atom stereocenters. The second-order valence-corrected chi connectivity index (χ2v) is 4.04. The van der Waals surface area contributed by atoms with E-state index in [1.165, 1.54) is 25.3 Å². The van der Waals surface area contributed by atoms with E-state index in [2.05, 4.69) is 19.9 Å². The lowest BCUT2D eigenvalue weighted by molar-refractivity contribution is -0.107. The minimum Gasteiger partial charge on any atom is -0.276 e. The quantitative estimate of drug-likeness (QED) is 0.370. The number of carbonyl (C=O) groups is 1. The Balaban J connectivity index is 4.01. The average Bonchev–Trinajstić information content (AvgIpc) is 2.11. The van der Waals surface area contributed by atoms with E-state index < -0.39 is 5.24 Å². The molecule has 0 aliphatic rings. The van der Waals surface area contributed by atoms with Gasteiger partial charge in [0.25, 0.3) is 0 Å². The maximum absolute atomic E-state index is 10.5. The van der Waals surface area contributed by atoms with Gasteiger partial charge in [-0.1, -0.05) is 44.4 Å². The van der Waals surface area contributed by atoms with E-state index in [1.54, 1.807) is 6.08 Å². The number of rotatable bonds is 6. The van der Waals surface area contributed by atoms with E-state index in [4.69, 9.17) is 11.6 Å². The highest BCUT2D eigenvalue weighted by molar-refractivity contribution is 6.66. The van der Waals surface area contributed by atoms with E-state index >= 15 is 0 Å². The van der Waals surface area contributed by atoms with Crippen LogP contribution in [0.15, 0.2) is 23.8 Å². The summed E-state index contributed by atoms with van der Waals surface area (Å²) in [6.45, 7) is 6.36. The third-order valence-electron chi connectivity index (χ3n) is 2.04. The predicted molar refractivity (Wildman–Crippen MR) is 62.4 cm³/mol. The van der Waals surface area contributed by atoms with Crippen LogP contribution in [-0.4, -0.2) is 5.24 Å². The average molecular weight is 215 g/mol. The summed E-state index contributed by atoms with van der Waals surface area (Å²) < 4.78 is 0. The zero-order valence-corrected chi connectivity index (χ0v) is 9.97. The summed E-state index contributed by atoms with van der Waals surface area (Å²) in [5, 5.41) is -0.418. The number of halogens is 1. The molecule has 0 aromatic carbocycles. The zero-order valence-electron chi connectivity index (χ0n) is 9.22. The van der Waals surface area contributed by atoms with Gasteiger partial charge in [-0.3, -0.25) is 4.79 Å². The Kier molecular flexibility index (Phi) is 7.50. The van der Waals surface area contributed by atoms with Crippen molar-refractivity contribution in [3.8, 4) is 0 Å². The monoisotopic (exact) mass is 214 g/mol. The Morgan fingerprint density at radius 1 is 1.43 bits per heavy atom. The fourth-order valence-electron chi connectivity index (χ4n) is 1.31. The first-order chi connectivity index (χ1) is 6.56. The van der Waals surface area contributed by atoms with Crippen LogP contribution in [0, 0.1) is 5.92 Å². The number of unbranched alkanes of at least 4 members (excludes halogenated alkanes) is 1. The topological polar surface area (TPSA) is 17.1 Å². The van der Waals surface area contributed by atoms with Crippen LogP contribution >= 0.6 is 11.6 Å². The lowest BCUT2D eigenvalue weighted by atomic mass is 10.0. The SMILES string of the molecule is CCCCC(C)/C=C(C)/C=C/C(=O)Cl. The molecule has 1 unspecified atom stereocenters. The highest BCUT2D eigenvalue weighted by Crippen LogP contribution is 2.12. The fraction of sp³-hybridized carbons (Fsp3) is 0.583. The molecule has 0 heterocycles. The van der Waals surface area contributed by atoms with E-state index in [0.29, 0.717) is 5.92 Å². The van der Waals surface area contributed by atoms with Crippen molar-refractivity contribution in [3.63, 3.8) is 0 Å². The summed E-state index contributed by atoms with van der Waals surface area (Å²) in [6.07, 6.45) is 9.01. The Morgan fingerprint density at radius 2 is 2.07 bits per heavy atom. The molecule has 0 aliphatic carbocycles. The molecule has 0 spiro atoms. The van der Waals surface area contributed by atoms with Gasteiger partial charge in [0.1, 0.15) is 0 Å². The van der Waals surface area contributed by atoms with Gasteiger partial charge in [0.2, 0.25) is 5.24 Å². The van der Waals surface area contributed by atoms with Crippen LogP contribution in [-0.2, 0) is 4.79 Å². The van der Waals surface area contributed by atoms with Crippen LogP contribution in [0.5, 0.6) is 0 Å². The summed E-state index contributed by atoms with van der Waals surface area (Å²) in [7, 11) is 0. The molecule has 0 saturated heterocycles. The number of hydrogen-bond acceptors (Lipinski definition) is 1. The van der Waals surface area contributed by atoms with Crippen LogP contribution in [0.25, 0.3) is 0 Å². The molecule has 0 N–H and O–H groups in total. The van der Waals surface area contributed by atoms with Crippen LogP contribution in [0.1, 0.15) is 40.0 Å². The van der Waals surface area contributed by atoms with Gasteiger partial charge in [-0.25, -0.2) is 0 Å². The minimum absolute atomic E-state index is 0.418. The van der Waals surface area contributed by atoms with Gasteiger partial charge in [-0.2, -0.15) is 0 Å². The summed E-state index contributed by atoms with van der Waals surface area (Å²) in [5.41, 5.74) is 1.10. The minimum atomic E-state index is -0.418. The summed E-state index contributed by atoms with van der Waals surface area (Å²) in [4.78, 5) is 10.5. The summed E-state index contributed by atoms with van der Waals surface area (Å²) in [5.74, 6) is 0.574. The third kappa shape index (κ3) is 8.06. The third-order valence-corrected chi connectivity index (χ3v) is 2.16. The second-order valence-electron chi connectivity index (χ2n) is 3.67. The maximum Gasteiger partial charge on any atom is 0.245 e. The van der Waals surface area contributed by atoms with Crippen LogP contribution in [0.4, 0.5) is 0 Å². The highest BCUT2D eigenvalue weighted by atomic mass is 35.5. The number of hydrogen-bond donors (Lipinski definition) is 0. The molecule has 0 aromatic heterocycles. The first kappa shape index (κ1) is 13.4. The van der Waals surface area contributed by atoms with Gasteiger partial charge >= 0.3 is 0 Å². The fourth-order valence-corrected chi connectivity index (χ4v) is 1.37. The largest absolute Gasteiger partial charge is 0.276 e. The Hall–Kier alpha value is -0.560. The molecule has 0 fully saturated rings. The van der Waals surface area contributed by atoms with Crippen LogP contribution in [0.2, 0.25) is 0 Å². The molecule has 0 bridgehead atoms. The molecule has 0 aliphatic heterocycles. The van der Waals surface area contributed by atoms with Gasteiger partial charge in [-0.15, -0.1) is 0 Å². The summed E-state index contributed by atoms with van der Waals surface area (Å²) >= 11 is 5.19. The Morgan fingerprint density at radius 3 is 2.57 bits per heavy atom. The Bertz CT molecular complexity index is 228. The molecular formula is C12H19ClO. The second kappa shape index (κ2) is 7.81. The molecule has 80 valence electrons. The predicted octanol–water partition coefficient (Wildman–Crippen LogP) is 4.08. The molecule has 2 heteroatoms. The molecule has 0 saturated carbocycles. The van der Waals surface area contributed by atoms with Crippen molar-refractivity contribution in [1.29, 1.82) is 0 Å².